The van der Waals surface area contributed by atoms with Gasteiger partial charge < -0.3 is 4.52 Å². The molecule has 0 aliphatic carbocycles. The van der Waals surface area contributed by atoms with Crippen LogP contribution in [0.15, 0.2) is 81.4 Å². The van der Waals surface area contributed by atoms with E-state index in [4.69, 9.17) is 4.52 Å². The van der Waals surface area contributed by atoms with Crippen LogP contribution in [0.25, 0.3) is 11.3 Å². The standard InChI is InChI=1S/C22H16F3N5O/c1-13-9-27-30(11-15-8-20(29-31-15)17-6-7-26-10-19(17)24)12-21(13)28-14(2)16-4-3-5-18(23)22(16)25/h3-10,12H,1,11H2,2H3. The van der Waals surface area contributed by atoms with Crippen LogP contribution in [0.5, 0.6) is 0 Å². The van der Waals surface area contributed by atoms with Crippen molar-refractivity contribution >= 4 is 11.9 Å². The Labute approximate surface area is 175 Å². The third-order valence-electron chi connectivity index (χ3n) is 4.52. The van der Waals surface area contributed by atoms with E-state index < -0.39 is 17.5 Å². The highest BCUT2D eigenvalue weighted by Gasteiger charge is 2.16. The molecule has 0 N–H and O–H groups in total. The van der Waals surface area contributed by atoms with E-state index in [1.165, 1.54) is 35.6 Å². The molecule has 0 atom stereocenters. The quantitative estimate of drug-likeness (QED) is 0.550. The molecular formula is C22H16F3N5O. The van der Waals surface area contributed by atoms with Crippen molar-refractivity contribution in [2.24, 2.45) is 10.1 Å². The molecule has 0 spiro atoms. The van der Waals surface area contributed by atoms with Gasteiger partial charge in [0, 0.05) is 34.7 Å². The molecule has 6 nitrogen and oxygen atoms in total. The smallest absolute Gasteiger partial charge is 0.167 e. The van der Waals surface area contributed by atoms with E-state index in [0.717, 1.165) is 12.3 Å². The van der Waals surface area contributed by atoms with E-state index in [2.05, 4.69) is 26.8 Å². The first-order valence-corrected chi connectivity index (χ1v) is 9.19. The van der Waals surface area contributed by atoms with Crippen molar-refractivity contribution in [3.63, 3.8) is 0 Å². The van der Waals surface area contributed by atoms with Gasteiger partial charge in [-0.15, -0.1) is 0 Å². The monoisotopic (exact) mass is 423 g/mol. The topological polar surface area (TPSA) is 66.9 Å². The zero-order valence-electron chi connectivity index (χ0n) is 16.4. The summed E-state index contributed by atoms with van der Waals surface area (Å²) >= 11 is 0. The van der Waals surface area contributed by atoms with Crippen LogP contribution in [0.4, 0.5) is 13.2 Å². The van der Waals surface area contributed by atoms with E-state index >= 15 is 0 Å². The van der Waals surface area contributed by atoms with Crippen LogP contribution in [0.3, 0.4) is 0 Å². The fourth-order valence-corrected chi connectivity index (χ4v) is 2.94. The molecule has 4 rings (SSSR count). The Bertz CT molecular complexity index is 1250. The van der Waals surface area contributed by atoms with Crippen LogP contribution < -0.4 is 0 Å². The zero-order chi connectivity index (χ0) is 22.0. The summed E-state index contributed by atoms with van der Waals surface area (Å²) in [5.41, 5.74) is 1.88. The van der Waals surface area contributed by atoms with E-state index in [0.29, 0.717) is 22.7 Å². The molecule has 0 saturated carbocycles. The molecule has 0 saturated heterocycles. The van der Waals surface area contributed by atoms with Crippen molar-refractivity contribution in [2.75, 3.05) is 0 Å². The number of pyridine rings is 1. The molecule has 31 heavy (non-hydrogen) atoms. The fourth-order valence-electron chi connectivity index (χ4n) is 2.94. The number of aromatic nitrogens is 2. The lowest BCUT2D eigenvalue weighted by molar-refractivity contribution is 0.305. The Balaban J connectivity index is 1.56. The van der Waals surface area contributed by atoms with Gasteiger partial charge in [0.15, 0.2) is 23.2 Å². The molecule has 3 aromatic rings. The maximum atomic E-state index is 14.1. The molecule has 9 heteroatoms. The molecule has 0 fully saturated rings. The van der Waals surface area contributed by atoms with Crippen molar-refractivity contribution in [2.45, 2.75) is 13.5 Å². The van der Waals surface area contributed by atoms with Gasteiger partial charge in [-0.05, 0) is 25.1 Å². The molecule has 0 amide bonds. The van der Waals surface area contributed by atoms with Crippen LogP contribution in [0, 0.1) is 17.5 Å². The minimum atomic E-state index is -0.964. The van der Waals surface area contributed by atoms with Gasteiger partial charge in [0.25, 0.3) is 0 Å². The van der Waals surface area contributed by atoms with Crippen LogP contribution in [-0.4, -0.2) is 27.1 Å². The molecule has 3 heterocycles. The highest BCUT2D eigenvalue weighted by Crippen LogP contribution is 2.24. The maximum Gasteiger partial charge on any atom is 0.167 e. The second-order valence-electron chi connectivity index (χ2n) is 6.71. The summed E-state index contributed by atoms with van der Waals surface area (Å²) in [5.74, 6) is -1.98. The predicted octanol–water partition coefficient (Wildman–Crippen LogP) is 4.86. The summed E-state index contributed by atoms with van der Waals surface area (Å²) in [6.07, 6.45) is 5.65. The van der Waals surface area contributed by atoms with Crippen molar-refractivity contribution in [1.82, 2.24) is 15.1 Å². The summed E-state index contributed by atoms with van der Waals surface area (Å²) in [6, 6.07) is 7.01. The largest absolute Gasteiger partial charge is 0.359 e. The van der Waals surface area contributed by atoms with Gasteiger partial charge in [0.1, 0.15) is 12.2 Å². The number of nitrogens with zero attached hydrogens (tertiary/aromatic N) is 5. The highest BCUT2D eigenvalue weighted by atomic mass is 19.2. The maximum absolute atomic E-state index is 14.1. The molecule has 2 aromatic heterocycles. The molecule has 1 aliphatic rings. The number of allylic oxidation sites excluding steroid dienone is 1. The summed E-state index contributed by atoms with van der Waals surface area (Å²) in [6.45, 7) is 5.64. The Morgan fingerprint density at radius 3 is 2.84 bits per heavy atom. The van der Waals surface area contributed by atoms with Crippen molar-refractivity contribution < 1.29 is 17.7 Å². The van der Waals surface area contributed by atoms with Gasteiger partial charge in [-0.1, -0.05) is 17.8 Å². The lowest BCUT2D eigenvalue weighted by atomic mass is 10.1. The number of halogens is 3. The number of hydrogen-bond donors (Lipinski definition) is 0. The molecule has 0 radical (unpaired) electrons. The Kier molecular flexibility index (Phi) is 5.48. The number of aliphatic imine (C=N–C) groups is 1. The van der Waals surface area contributed by atoms with Crippen molar-refractivity contribution in [3.05, 3.63) is 95.5 Å². The zero-order valence-corrected chi connectivity index (χ0v) is 16.4. The van der Waals surface area contributed by atoms with Crippen LogP contribution >= 0.6 is 0 Å². The number of hydrazone groups is 1. The second-order valence-corrected chi connectivity index (χ2v) is 6.71. The van der Waals surface area contributed by atoms with Gasteiger partial charge in [-0.3, -0.25) is 15.0 Å². The molecule has 0 bridgehead atoms. The van der Waals surface area contributed by atoms with Gasteiger partial charge >= 0.3 is 0 Å². The predicted molar refractivity (Wildman–Crippen MR) is 110 cm³/mol. The average Bonchev–Trinajstić information content (AvgIpc) is 3.21. The summed E-state index contributed by atoms with van der Waals surface area (Å²) in [7, 11) is 0. The molecule has 0 unspecified atom stereocenters. The van der Waals surface area contributed by atoms with Crippen molar-refractivity contribution in [1.29, 1.82) is 0 Å². The summed E-state index contributed by atoms with van der Waals surface area (Å²) in [4.78, 5) is 8.09. The molecule has 1 aliphatic heterocycles. The Morgan fingerprint density at radius 1 is 1.19 bits per heavy atom. The summed E-state index contributed by atoms with van der Waals surface area (Å²) in [5, 5.41) is 9.64. The van der Waals surface area contributed by atoms with E-state index in [1.807, 2.05) is 0 Å². The number of hydrogen-bond acceptors (Lipinski definition) is 6. The van der Waals surface area contributed by atoms with Gasteiger partial charge in [-0.25, -0.2) is 13.2 Å². The SMILES string of the molecule is C=C1C=NN(Cc2cc(-c3ccncc3F)no2)C=C1N=C(C)c1cccc(F)c1F. The second kappa shape index (κ2) is 8.39. The van der Waals surface area contributed by atoms with Gasteiger partial charge in [0.2, 0.25) is 0 Å². The van der Waals surface area contributed by atoms with E-state index in [9.17, 15) is 13.2 Å². The molecule has 1 aromatic carbocycles. The van der Waals surface area contributed by atoms with Crippen LogP contribution in [0.2, 0.25) is 0 Å². The molecule has 156 valence electrons. The fraction of sp³-hybridized carbons (Fsp3) is 0.0909. The highest BCUT2D eigenvalue weighted by molar-refractivity contribution is 6.00. The van der Waals surface area contributed by atoms with Crippen LogP contribution in [-0.2, 0) is 6.54 Å². The van der Waals surface area contributed by atoms with Gasteiger partial charge in [0.05, 0.1) is 24.3 Å². The van der Waals surface area contributed by atoms with Crippen molar-refractivity contribution in [3.8, 4) is 11.3 Å². The number of rotatable bonds is 5. The minimum Gasteiger partial charge on any atom is -0.359 e. The van der Waals surface area contributed by atoms with Crippen LogP contribution in [0.1, 0.15) is 18.2 Å². The first-order chi connectivity index (χ1) is 14.9. The lowest BCUT2D eigenvalue weighted by Crippen LogP contribution is -2.15. The van der Waals surface area contributed by atoms with Gasteiger partial charge in [-0.2, -0.15) is 5.10 Å². The third-order valence-corrected chi connectivity index (χ3v) is 4.52. The first kappa shape index (κ1) is 20.3. The molecular weight excluding hydrogens is 407 g/mol. The Morgan fingerprint density at radius 2 is 2.03 bits per heavy atom. The Hall–Kier alpha value is -4.01. The van der Waals surface area contributed by atoms with E-state index in [1.54, 1.807) is 19.2 Å². The van der Waals surface area contributed by atoms with E-state index in [-0.39, 0.29) is 23.4 Å². The average molecular weight is 423 g/mol. The first-order valence-electron chi connectivity index (χ1n) is 9.19. The lowest BCUT2D eigenvalue weighted by Gasteiger charge is -2.18. The third kappa shape index (κ3) is 4.30. The summed E-state index contributed by atoms with van der Waals surface area (Å²) < 4.78 is 46.7. The minimum absolute atomic E-state index is 0.0574. The number of benzene rings is 1. The normalized spacial score (nSPS) is 14.2.